The van der Waals surface area contributed by atoms with Gasteiger partial charge in [0.15, 0.2) is 6.10 Å². The first-order valence-corrected chi connectivity index (χ1v) is 13.6. The molecule has 0 aliphatic heterocycles. The lowest BCUT2D eigenvalue weighted by Crippen LogP contribution is -2.36. The van der Waals surface area contributed by atoms with Crippen molar-refractivity contribution in [2.45, 2.75) is 37.8 Å². The summed E-state index contributed by atoms with van der Waals surface area (Å²) in [5.74, 6) is -1.95. The molecule has 10 heteroatoms. The Labute approximate surface area is 242 Å². The molecule has 1 aliphatic carbocycles. The van der Waals surface area contributed by atoms with Crippen LogP contribution in [0.5, 0.6) is 0 Å². The average Bonchev–Trinajstić information content (AvgIpc) is 2.94. The van der Waals surface area contributed by atoms with Crippen LogP contribution in [-0.4, -0.2) is 40.8 Å². The van der Waals surface area contributed by atoms with Crippen LogP contribution in [-0.2, 0) is 4.79 Å². The van der Waals surface area contributed by atoms with Crippen molar-refractivity contribution in [1.29, 1.82) is 0 Å². The van der Waals surface area contributed by atoms with Crippen molar-refractivity contribution >= 4 is 52.4 Å². The molecule has 4 rings (SSSR count). The average molecular weight is 582 g/mol. The number of allylic oxidation sites excluding steroid dienone is 2. The second kappa shape index (κ2) is 13.5. The molecule has 5 N–H and O–H groups in total. The maximum Gasteiger partial charge on any atom is 0.334 e. The summed E-state index contributed by atoms with van der Waals surface area (Å²) in [5, 5.41) is 27.1. The minimum absolute atomic E-state index is 0.276. The molecular formula is C30H29Cl2N3O5. The third-order valence-corrected chi connectivity index (χ3v) is 6.99. The molecule has 1 aliphatic rings. The molecule has 0 spiro atoms. The second-order valence-electron chi connectivity index (χ2n) is 9.47. The standard InChI is InChI=1S/C30H29Cl2N3O5/c31-23-14-24(32)16-25(15-23)34-30(40)35-27(20-8-6-19(7-9-20)18-4-2-1-3-5-18)21-10-12-22(13-11-21)28(37)33-17-26(36)29(38)39/h4,6-16,26-27,36H,1-3,5,17H2,(H,33,37)(H,38,39)(H2,34,35,40). The van der Waals surface area contributed by atoms with Gasteiger partial charge in [-0.1, -0.05) is 65.7 Å². The van der Waals surface area contributed by atoms with Crippen molar-refractivity contribution < 1.29 is 24.6 Å². The molecule has 2 unspecified atom stereocenters. The first-order valence-electron chi connectivity index (χ1n) is 12.8. The van der Waals surface area contributed by atoms with E-state index in [4.69, 9.17) is 28.3 Å². The first kappa shape index (κ1) is 29.1. The van der Waals surface area contributed by atoms with Crippen molar-refractivity contribution in [3.63, 3.8) is 0 Å². The lowest BCUT2D eigenvalue weighted by atomic mass is 9.91. The number of aliphatic hydroxyl groups excluding tert-OH is 1. The zero-order valence-corrected chi connectivity index (χ0v) is 23.0. The van der Waals surface area contributed by atoms with Crippen LogP contribution in [0.15, 0.2) is 72.8 Å². The number of carboxylic acids is 1. The fourth-order valence-corrected chi connectivity index (χ4v) is 5.01. The van der Waals surface area contributed by atoms with E-state index in [1.165, 1.54) is 18.4 Å². The van der Waals surface area contributed by atoms with E-state index in [1.807, 2.05) is 24.3 Å². The maximum atomic E-state index is 13.0. The number of aliphatic hydroxyl groups is 1. The zero-order valence-electron chi connectivity index (χ0n) is 21.5. The smallest absolute Gasteiger partial charge is 0.334 e. The highest BCUT2D eigenvalue weighted by Gasteiger charge is 2.20. The molecule has 0 bridgehead atoms. The largest absolute Gasteiger partial charge is 0.479 e. The van der Waals surface area contributed by atoms with Gasteiger partial charge in [0.2, 0.25) is 0 Å². The summed E-state index contributed by atoms with van der Waals surface area (Å²) in [6.45, 7) is -0.420. The Balaban J connectivity index is 1.56. The highest BCUT2D eigenvalue weighted by molar-refractivity contribution is 6.35. The number of hydrogen-bond donors (Lipinski definition) is 5. The van der Waals surface area contributed by atoms with E-state index in [2.05, 4.69) is 22.0 Å². The molecule has 3 aromatic rings. The highest BCUT2D eigenvalue weighted by atomic mass is 35.5. The number of hydrogen-bond acceptors (Lipinski definition) is 4. The Morgan fingerprint density at radius 1 is 0.875 bits per heavy atom. The van der Waals surface area contributed by atoms with E-state index >= 15 is 0 Å². The lowest BCUT2D eigenvalue weighted by Gasteiger charge is -2.22. The third-order valence-electron chi connectivity index (χ3n) is 6.55. The number of rotatable bonds is 9. The number of carbonyl (C=O) groups is 3. The van der Waals surface area contributed by atoms with Crippen LogP contribution in [0, 0.1) is 0 Å². The number of carbonyl (C=O) groups excluding carboxylic acids is 2. The SMILES string of the molecule is O=C(Nc1cc(Cl)cc(Cl)c1)NC(c1ccc(C(=O)NCC(O)C(=O)O)cc1)c1ccc(C2=CCCCC2)cc1. The molecule has 3 aromatic carbocycles. The zero-order chi connectivity index (χ0) is 28.6. The van der Waals surface area contributed by atoms with E-state index in [-0.39, 0.29) is 5.56 Å². The topological polar surface area (TPSA) is 128 Å². The fourth-order valence-electron chi connectivity index (χ4n) is 4.48. The maximum absolute atomic E-state index is 13.0. The number of halogens is 2. The summed E-state index contributed by atoms with van der Waals surface area (Å²) >= 11 is 12.1. The number of carboxylic acid groups (broad SMARTS) is 1. The van der Waals surface area contributed by atoms with Crippen molar-refractivity contribution in [3.8, 4) is 0 Å². The molecule has 8 nitrogen and oxygen atoms in total. The van der Waals surface area contributed by atoms with E-state index in [1.54, 1.807) is 42.5 Å². The number of amides is 3. The van der Waals surface area contributed by atoms with Crippen molar-refractivity contribution in [3.05, 3.63) is 105 Å². The molecule has 0 heterocycles. The van der Waals surface area contributed by atoms with Crippen LogP contribution in [0.3, 0.4) is 0 Å². The van der Waals surface area contributed by atoms with E-state index < -0.39 is 36.6 Å². The Kier molecular flexibility index (Phi) is 9.82. The Bertz CT molecular complexity index is 1390. The first-order chi connectivity index (χ1) is 19.2. The second-order valence-corrected chi connectivity index (χ2v) is 10.3. The lowest BCUT2D eigenvalue weighted by molar-refractivity contribution is -0.146. The Morgan fingerprint density at radius 3 is 2.08 bits per heavy atom. The van der Waals surface area contributed by atoms with Crippen LogP contribution in [0.4, 0.5) is 10.5 Å². The summed E-state index contributed by atoms with van der Waals surface area (Å²) < 4.78 is 0. The highest BCUT2D eigenvalue weighted by Crippen LogP contribution is 2.30. The molecule has 3 amide bonds. The van der Waals surface area contributed by atoms with Crippen LogP contribution >= 0.6 is 23.2 Å². The van der Waals surface area contributed by atoms with Crippen LogP contribution in [0.25, 0.3) is 5.57 Å². The molecular weight excluding hydrogens is 553 g/mol. The molecule has 0 saturated heterocycles. The van der Waals surface area contributed by atoms with Gasteiger partial charge in [-0.05, 0) is 78.3 Å². The van der Waals surface area contributed by atoms with E-state index in [9.17, 15) is 19.5 Å². The van der Waals surface area contributed by atoms with Gasteiger partial charge >= 0.3 is 12.0 Å². The number of urea groups is 1. The summed E-state index contributed by atoms with van der Waals surface area (Å²) in [5.41, 5.74) is 4.73. The number of anilines is 1. The fraction of sp³-hybridized carbons (Fsp3) is 0.233. The number of nitrogens with one attached hydrogen (secondary N) is 3. The molecule has 0 saturated carbocycles. The predicted octanol–water partition coefficient (Wildman–Crippen LogP) is 6.04. The van der Waals surface area contributed by atoms with Gasteiger partial charge < -0.3 is 26.2 Å². The summed E-state index contributed by atoms with van der Waals surface area (Å²) in [4.78, 5) is 36.3. The summed E-state index contributed by atoms with van der Waals surface area (Å²) in [6, 6.07) is 18.3. The minimum atomic E-state index is -1.70. The summed E-state index contributed by atoms with van der Waals surface area (Å²) in [7, 11) is 0. The monoisotopic (exact) mass is 581 g/mol. The van der Waals surface area contributed by atoms with E-state index in [0.717, 1.165) is 24.0 Å². The van der Waals surface area contributed by atoms with Crippen molar-refractivity contribution in [1.82, 2.24) is 10.6 Å². The normalized spacial score (nSPS) is 14.4. The molecule has 40 heavy (non-hydrogen) atoms. The summed E-state index contributed by atoms with van der Waals surface area (Å²) in [6.07, 6.45) is 5.06. The van der Waals surface area contributed by atoms with Gasteiger partial charge in [0, 0.05) is 21.3 Å². The minimum Gasteiger partial charge on any atom is -0.479 e. The predicted molar refractivity (Wildman–Crippen MR) is 156 cm³/mol. The van der Waals surface area contributed by atoms with Gasteiger partial charge in [-0.15, -0.1) is 0 Å². The van der Waals surface area contributed by atoms with Gasteiger partial charge in [-0.3, -0.25) is 4.79 Å². The van der Waals surface area contributed by atoms with Crippen LogP contribution in [0.2, 0.25) is 10.0 Å². The van der Waals surface area contributed by atoms with E-state index in [0.29, 0.717) is 21.3 Å². The Hall–Kier alpha value is -3.85. The number of benzene rings is 3. The van der Waals surface area contributed by atoms with Gasteiger partial charge in [-0.2, -0.15) is 0 Å². The molecule has 2 atom stereocenters. The number of aliphatic carboxylic acids is 1. The Morgan fingerprint density at radius 2 is 1.50 bits per heavy atom. The molecule has 208 valence electrons. The molecule has 0 aromatic heterocycles. The van der Waals surface area contributed by atoms with Gasteiger partial charge in [0.25, 0.3) is 5.91 Å². The third kappa shape index (κ3) is 7.85. The van der Waals surface area contributed by atoms with Gasteiger partial charge in [0.05, 0.1) is 12.6 Å². The molecule has 0 fully saturated rings. The van der Waals surface area contributed by atoms with Crippen LogP contribution < -0.4 is 16.0 Å². The quantitative estimate of drug-likeness (QED) is 0.210. The van der Waals surface area contributed by atoms with Crippen LogP contribution in [0.1, 0.15) is 58.8 Å². The van der Waals surface area contributed by atoms with Crippen molar-refractivity contribution in [2.24, 2.45) is 0 Å². The van der Waals surface area contributed by atoms with Gasteiger partial charge in [-0.25, -0.2) is 9.59 Å². The van der Waals surface area contributed by atoms with Crippen molar-refractivity contribution in [2.75, 3.05) is 11.9 Å². The molecule has 0 radical (unpaired) electrons. The van der Waals surface area contributed by atoms with Gasteiger partial charge in [0.1, 0.15) is 0 Å².